The Morgan fingerprint density at radius 1 is 1.11 bits per heavy atom. The molecule has 2 aromatic rings. The van der Waals surface area contributed by atoms with Gasteiger partial charge < -0.3 is 11.1 Å². The van der Waals surface area contributed by atoms with Gasteiger partial charge in [0.05, 0.1) is 11.9 Å². The number of aryl methyl sites for hydroxylation is 1. The van der Waals surface area contributed by atoms with Crippen LogP contribution in [0.1, 0.15) is 34.8 Å². The third-order valence-electron chi connectivity index (χ3n) is 4.48. The summed E-state index contributed by atoms with van der Waals surface area (Å²) in [7, 11) is -3.71. The van der Waals surface area contributed by atoms with Gasteiger partial charge in [-0.3, -0.25) is 13.9 Å². The Bertz CT molecular complexity index is 985. The maximum Gasteiger partial charge on any atom is 0.249 e. The summed E-state index contributed by atoms with van der Waals surface area (Å²) in [5.74, 6) is -1.09. The van der Waals surface area contributed by atoms with Gasteiger partial charge in [0.1, 0.15) is 6.04 Å². The van der Waals surface area contributed by atoms with E-state index in [-0.39, 0.29) is 6.42 Å². The normalized spacial score (nSPS) is 12.3. The first-order valence-electron chi connectivity index (χ1n) is 8.82. The number of carbonyl (C=O) groups excluding carboxylic acids is 2. The van der Waals surface area contributed by atoms with Crippen LogP contribution in [0.5, 0.6) is 0 Å². The van der Waals surface area contributed by atoms with Crippen LogP contribution in [0.3, 0.4) is 0 Å². The van der Waals surface area contributed by atoms with E-state index in [1.165, 1.54) is 0 Å². The summed E-state index contributed by atoms with van der Waals surface area (Å²) in [6, 6.07) is 10.8. The van der Waals surface area contributed by atoms with E-state index in [1.807, 2.05) is 6.92 Å². The molecule has 0 saturated carbocycles. The Hall–Kier alpha value is -2.87. The van der Waals surface area contributed by atoms with Crippen molar-refractivity contribution in [3.8, 4) is 0 Å². The molecule has 150 valence electrons. The summed E-state index contributed by atoms with van der Waals surface area (Å²) in [5, 5.41) is 2.74. The van der Waals surface area contributed by atoms with E-state index in [0.29, 0.717) is 22.5 Å². The molecule has 2 aromatic carbocycles. The van der Waals surface area contributed by atoms with Gasteiger partial charge in [-0.2, -0.15) is 0 Å². The predicted molar refractivity (Wildman–Crippen MR) is 111 cm³/mol. The Morgan fingerprint density at radius 3 is 2.21 bits per heavy atom. The van der Waals surface area contributed by atoms with Gasteiger partial charge in [0.25, 0.3) is 0 Å². The van der Waals surface area contributed by atoms with E-state index in [9.17, 15) is 18.0 Å². The van der Waals surface area contributed by atoms with Crippen LogP contribution in [0.4, 0.5) is 11.4 Å². The van der Waals surface area contributed by atoms with Gasteiger partial charge >= 0.3 is 0 Å². The molecule has 0 fully saturated rings. The summed E-state index contributed by atoms with van der Waals surface area (Å²) < 4.78 is 26.1. The van der Waals surface area contributed by atoms with Crippen LogP contribution in [0.15, 0.2) is 42.5 Å². The lowest BCUT2D eigenvalue weighted by Crippen LogP contribution is -2.47. The first kappa shape index (κ1) is 21.4. The standard InChI is InChI=1S/C20H25N3O4S/c1-5-18(23(28(4,26)27)15-11-9-13(2)10-12-15)20(25)22-17-8-6-7-16(14(17)3)19(21)24/h6-12,18H,5H2,1-4H3,(H2,21,24)(H,22,25). The number of carbonyl (C=O) groups is 2. The molecule has 3 N–H and O–H groups in total. The minimum absolute atomic E-state index is 0.265. The van der Waals surface area contributed by atoms with Crippen molar-refractivity contribution in [2.45, 2.75) is 33.2 Å². The first-order chi connectivity index (χ1) is 13.1. The smallest absolute Gasteiger partial charge is 0.249 e. The van der Waals surface area contributed by atoms with Gasteiger partial charge in [0, 0.05) is 11.3 Å². The number of sulfonamides is 1. The highest BCUT2D eigenvalue weighted by molar-refractivity contribution is 7.92. The largest absolute Gasteiger partial charge is 0.366 e. The second-order valence-electron chi connectivity index (χ2n) is 6.65. The molecule has 1 atom stereocenters. The molecule has 2 amide bonds. The lowest BCUT2D eigenvalue weighted by Gasteiger charge is -2.30. The van der Waals surface area contributed by atoms with Gasteiger partial charge in [0.2, 0.25) is 21.8 Å². The predicted octanol–water partition coefficient (Wildman–Crippen LogP) is 2.59. The van der Waals surface area contributed by atoms with Crippen molar-refractivity contribution in [2.24, 2.45) is 5.73 Å². The van der Waals surface area contributed by atoms with Crippen molar-refractivity contribution >= 4 is 33.2 Å². The maximum absolute atomic E-state index is 13.0. The number of hydrogen-bond donors (Lipinski definition) is 2. The van der Waals surface area contributed by atoms with E-state index in [4.69, 9.17) is 5.73 Å². The lowest BCUT2D eigenvalue weighted by atomic mass is 10.1. The Labute approximate surface area is 165 Å². The third kappa shape index (κ3) is 4.69. The Balaban J connectivity index is 2.41. The van der Waals surface area contributed by atoms with Crippen molar-refractivity contribution in [3.63, 3.8) is 0 Å². The van der Waals surface area contributed by atoms with Crippen LogP contribution in [-0.2, 0) is 14.8 Å². The van der Waals surface area contributed by atoms with Gasteiger partial charge in [-0.1, -0.05) is 30.7 Å². The summed E-state index contributed by atoms with van der Waals surface area (Å²) in [6.07, 6.45) is 1.34. The average Bonchev–Trinajstić information content (AvgIpc) is 2.61. The number of rotatable bonds is 7. The SMILES string of the molecule is CCC(C(=O)Nc1cccc(C(N)=O)c1C)N(c1ccc(C)cc1)S(C)(=O)=O. The first-order valence-corrected chi connectivity index (χ1v) is 10.7. The highest BCUT2D eigenvalue weighted by Crippen LogP contribution is 2.25. The number of hydrogen-bond acceptors (Lipinski definition) is 4. The zero-order valence-electron chi connectivity index (χ0n) is 16.4. The number of nitrogens with two attached hydrogens (primary N) is 1. The topological polar surface area (TPSA) is 110 Å². The van der Waals surface area contributed by atoms with Crippen molar-refractivity contribution in [2.75, 3.05) is 15.9 Å². The lowest BCUT2D eigenvalue weighted by molar-refractivity contribution is -0.117. The Morgan fingerprint density at radius 2 is 1.71 bits per heavy atom. The van der Waals surface area contributed by atoms with Crippen LogP contribution in [0, 0.1) is 13.8 Å². The molecule has 28 heavy (non-hydrogen) atoms. The minimum atomic E-state index is -3.71. The third-order valence-corrected chi connectivity index (χ3v) is 5.66. The number of nitrogens with one attached hydrogen (secondary N) is 1. The number of primary amides is 1. The minimum Gasteiger partial charge on any atom is -0.366 e. The zero-order chi connectivity index (χ0) is 21.1. The van der Waals surface area contributed by atoms with Crippen LogP contribution < -0.4 is 15.4 Å². The van der Waals surface area contributed by atoms with E-state index in [0.717, 1.165) is 16.1 Å². The molecule has 7 nitrogen and oxygen atoms in total. The number of nitrogens with zero attached hydrogens (tertiary/aromatic N) is 1. The Kier molecular flexibility index (Phi) is 6.45. The fraction of sp³-hybridized carbons (Fsp3) is 0.300. The monoisotopic (exact) mass is 403 g/mol. The van der Waals surface area contributed by atoms with Gasteiger partial charge in [-0.25, -0.2) is 8.42 Å². The molecule has 8 heteroatoms. The summed E-state index contributed by atoms with van der Waals surface area (Å²) >= 11 is 0. The van der Waals surface area contributed by atoms with E-state index >= 15 is 0 Å². The molecule has 2 rings (SSSR count). The van der Waals surface area contributed by atoms with E-state index < -0.39 is 27.9 Å². The molecular weight excluding hydrogens is 378 g/mol. The molecule has 0 aliphatic carbocycles. The highest BCUT2D eigenvalue weighted by Gasteiger charge is 2.31. The quantitative estimate of drug-likeness (QED) is 0.740. The molecule has 0 heterocycles. The van der Waals surface area contributed by atoms with Crippen molar-refractivity contribution < 1.29 is 18.0 Å². The summed E-state index contributed by atoms with van der Waals surface area (Å²) in [4.78, 5) is 24.5. The molecule has 0 radical (unpaired) electrons. The second kappa shape index (κ2) is 8.43. The van der Waals surface area contributed by atoms with Crippen molar-refractivity contribution in [1.29, 1.82) is 0 Å². The summed E-state index contributed by atoms with van der Waals surface area (Å²) in [6.45, 7) is 5.31. The zero-order valence-corrected chi connectivity index (χ0v) is 17.2. The van der Waals surface area contributed by atoms with Crippen LogP contribution in [0.25, 0.3) is 0 Å². The fourth-order valence-corrected chi connectivity index (χ4v) is 4.22. The molecule has 0 spiro atoms. The number of benzene rings is 2. The average molecular weight is 404 g/mol. The fourth-order valence-electron chi connectivity index (χ4n) is 3.01. The molecule has 0 aliphatic heterocycles. The van der Waals surface area contributed by atoms with Crippen LogP contribution in [-0.4, -0.2) is 32.5 Å². The molecule has 0 aromatic heterocycles. The van der Waals surface area contributed by atoms with Crippen molar-refractivity contribution in [3.05, 3.63) is 59.2 Å². The number of amides is 2. The van der Waals surface area contributed by atoms with Gasteiger partial charge in [-0.05, 0) is 50.1 Å². The van der Waals surface area contributed by atoms with Crippen LogP contribution >= 0.6 is 0 Å². The van der Waals surface area contributed by atoms with Crippen LogP contribution in [0.2, 0.25) is 0 Å². The molecule has 1 unspecified atom stereocenters. The van der Waals surface area contributed by atoms with E-state index in [2.05, 4.69) is 5.32 Å². The molecule has 0 bridgehead atoms. The molecule has 0 saturated heterocycles. The highest BCUT2D eigenvalue weighted by atomic mass is 32.2. The van der Waals surface area contributed by atoms with E-state index in [1.54, 1.807) is 56.3 Å². The van der Waals surface area contributed by atoms with Gasteiger partial charge in [0.15, 0.2) is 0 Å². The second-order valence-corrected chi connectivity index (χ2v) is 8.51. The molecular formula is C20H25N3O4S. The number of anilines is 2. The van der Waals surface area contributed by atoms with Gasteiger partial charge in [-0.15, -0.1) is 0 Å². The molecule has 0 aliphatic rings. The maximum atomic E-state index is 13.0. The van der Waals surface area contributed by atoms with Crippen molar-refractivity contribution in [1.82, 2.24) is 0 Å². The summed E-state index contributed by atoms with van der Waals surface area (Å²) in [5.41, 5.74) is 7.99.